The molecule has 0 radical (unpaired) electrons. The van der Waals surface area contributed by atoms with Gasteiger partial charge in [0.1, 0.15) is 0 Å². The zero-order valence-electron chi connectivity index (χ0n) is 8.03. The smallest absolute Gasteiger partial charge is 0.175 e. The van der Waals surface area contributed by atoms with Crippen LogP contribution >= 0.6 is 15.9 Å². The molecule has 2 nitrogen and oxygen atoms in total. The Morgan fingerprint density at radius 3 is 2.64 bits per heavy atom. The zero-order valence-corrected chi connectivity index (χ0v) is 10.4. The maximum atomic E-state index is 11.2. The summed E-state index contributed by atoms with van der Waals surface area (Å²) < 4.78 is 22.5. The molecule has 0 spiro atoms. The van der Waals surface area contributed by atoms with Gasteiger partial charge in [-0.25, -0.2) is 8.42 Å². The molecule has 0 aliphatic heterocycles. The topological polar surface area (TPSA) is 34.1 Å². The SMILES string of the molecule is CS(=O)(=O)c1cccc(CCCBr)c1. The van der Waals surface area contributed by atoms with Gasteiger partial charge < -0.3 is 0 Å². The molecule has 0 amide bonds. The van der Waals surface area contributed by atoms with Gasteiger partial charge in [-0.15, -0.1) is 0 Å². The second-order valence-electron chi connectivity index (χ2n) is 3.21. The number of sulfone groups is 1. The Morgan fingerprint density at radius 1 is 1.36 bits per heavy atom. The highest BCUT2D eigenvalue weighted by molar-refractivity contribution is 9.09. The van der Waals surface area contributed by atoms with Crippen molar-refractivity contribution in [3.63, 3.8) is 0 Å². The number of aryl methyl sites for hydroxylation is 1. The summed E-state index contributed by atoms with van der Waals surface area (Å²) in [6, 6.07) is 7.13. The van der Waals surface area contributed by atoms with E-state index in [1.807, 2.05) is 6.07 Å². The molecule has 1 aromatic rings. The van der Waals surface area contributed by atoms with Gasteiger partial charge in [-0.1, -0.05) is 28.1 Å². The van der Waals surface area contributed by atoms with Crippen LogP contribution in [-0.2, 0) is 16.3 Å². The van der Waals surface area contributed by atoms with Crippen molar-refractivity contribution in [2.45, 2.75) is 17.7 Å². The van der Waals surface area contributed by atoms with Crippen LogP contribution in [0, 0.1) is 0 Å². The first-order chi connectivity index (χ1) is 6.54. The summed E-state index contributed by atoms with van der Waals surface area (Å²) in [4.78, 5) is 0.407. The van der Waals surface area contributed by atoms with E-state index in [1.165, 1.54) is 6.26 Å². The maximum absolute atomic E-state index is 11.2. The van der Waals surface area contributed by atoms with Gasteiger partial charge in [0.25, 0.3) is 0 Å². The Morgan fingerprint density at radius 2 is 2.07 bits per heavy atom. The van der Waals surface area contributed by atoms with Gasteiger partial charge >= 0.3 is 0 Å². The van der Waals surface area contributed by atoms with E-state index in [9.17, 15) is 8.42 Å². The van der Waals surface area contributed by atoms with Gasteiger partial charge in [0.15, 0.2) is 9.84 Å². The van der Waals surface area contributed by atoms with Crippen molar-refractivity contribution in [3.05, 3.63) is 29.8 Å². The quantitative estimate of drug-likeness (QED) is 0.792. The second-order valence-corrected chi connectivity index (χ2v) is 6.02. The Hall–Kier alpha value is -0.350. The molecule has 0 unspecified atom stereocenters. The highest BCUT2D eigenvalue weighted by Crippen LogP contribution is 2.12. The van der Waals surface area contributed by atoms with Crippen LogP contribution in [0.5, 0.6) is 0 Å². The second kappa shape index (κ2) is 4.94. The van der Waals surface area contributed by atoms with Crippen LogP contribution in [0.15, 0.2) is 29.2 Å². The molecule has 0 bridgehead atoms. The fraction of sp³-hybridized carbons (Fsp3) is 0.400. The molecule has 1 aromatic carbocycles. The van der Waals surface area contributed by atoms with Crippen molar-refractivity contribution in [2.75, 3.05) is 11.6 Å². The van der Waals surface area contributed by atoms with E-state index < -0.39 is 9.84 Å². The van der Waals surface area contributed by atoms with Crippen LogP contribution in [0.4, 0.5) is 0 Å². The number of halogens is 1. The number of rotatable bonds is 4. The summed E-state index contributed by atoms with van der Waals surface area (Å²) in [5.41, 5.74) is 1.08. The first-order valence-electron chi connectivity index (χ1n) is 4.39. The van der Waals surface area contributed by atoms with E-state index in [0.717, 1.165) is 23.7 Å². The molecule has 0 aliphatic rings. The van der Waals surface area contributed by atoms with Gasteiger partial charge in [-0.05, 0) is 30.5 Å². The molecule has 0 aromatic heterocycles. The molecule has 0 saturated carbocycles. The van der Waals surface area contributed by atoms with Gasteiger partial charge in [-0.2, -0.15) is 0 Å². The molecule has 0 atom stereocenters. The summed E-state index contributed by atoms with van der Waals surface area (Å²) >= 11 is 3.35. The van der Waals surface area contributed by atoms with Gasteiger partial charge in [0, 0.05) is 11.6 Å². The molecule has 0 fully saturated rings. The molecular formula is C10H13BrO2S. The third-order valence-corrected chi connectivity index (χ3v) is 3.60. The largest absolute Gasteiger partial charge is 0.224 e. The third-order valence-electron chi connectivity index (χ3n) is 1.93. The lowest BCUT2D eigenvalue weighted by Gasteiger charge is -2.02. The fourth-order valence-corrected chi connectivity index (χ4v) is 2.17. The molecule has 0 heterocycles. The number of alkyl halides is 1. The lowest BCUT2D eigenvalue weighted by molar-refractivity contribution is 0.601. The van der Waals surface area contributed by atoms with Crippen LogP contribution in [0.2, 0.25) is 0 Å². The molecule has 0 saturated heterocycles. The van der Waals surface area contributed by atoms with Crippen molar-refractivity contribution in [3.8, 4) is 0 Å². The Kier molecular flexibility index (Phi) is 4.13. The molecule has 78 valence electrons. The minimum absolute atomic E-state index is 0.407. The van der Waals surface area contributed by atoms with E-state index in [1.54, 1.807) is 18.2 Å². The summed E-state index contributed by atoms with van der Waals surface area (Å²) in [7, 11) is -3.06. The predicted octanol–water partition coefficient (Wildman–Crippen LogP) is 2.42. The van der Waals surface area contributed by atoms with Crippen LogP contribution in [0.1, 0.15) is 12.0 Å². The Balaban J connectivity index is 2.90. The highest BCUT2D eigenvalue weighted by Gasteiger charge is 2.06. The van der Waals surface area contributed by atoms with E-state index in [2.05, 4.69) is 15.9 Å². The standard InChI is InChI=1S/C10H13BrO2S/c1-14(12,13)10-6-2-4-9(8-10)5-3-7-11/h2,4,6,8H,3,5,7H2,1H3. The van der Waals surface area contributed by atoms with E-state index >= 15 is 0 Å². The summed E-state index contributed by atoms with van der Waals surface area (Å²) in [5, 5.41) is 0.941. The molecule has 0 N–H and O–H groups in total. The zero-order chi connectivity index (χ0) is 10.6. The van der Waals surface area contributed by atoms with Crippen LogP contribution in [-0.4, -0.2) is 20.0 Å². The lowest BCUT2D eigenvalue weighted by Crippen LogP contribution is -1.98. The van der Waals surface area contributed by atoms with Crippen LogP contribution in [0.25, 0.3) is 0 Å². The lowest BCUT2D eigenvalue weighted by atomic mass is 10.1. The van der Waals surface area contributed by atoms with Crippen molar-refractivity contribution in [2.24, 2.45) is 0 Å². The first-order valence-corrected chi connectivity index (χ1v) is 7.40. The number of hydrogen-bond donors (Lipinski definition) is 0. The minimum Gasteiger partial charge on any atom is -0.224 e. The summed E-state index contributed by atoms with van der Waals surface area (Å²) in [6.07, 6.45) is 3.17. The third kappa shape index (κ3) is 3.42. The molecule has 1 rings (SSSR count). The van der Waals surface area contributed by atoms with Gasteiger partial charge in [-0.3, -0.25) is 0 Å². The first kappa shape index (κ1) is 11.7. The normalized spacial score (nSPS) is 11.6. The molecule has 14 heavy (non-hydrogen) atoms. The monoisotopic (exact) mass is 276 g/mol. The summed E-state index contributed by atoms with van der Waals surface area (Å²) in [5.74, 6) is 0. The summed E-state index contributed by atoms with van der Waals surface area (Å²) in [6.45, 7) is 0. The van der Waals surface area contributed by atoms with Crippen molar-refractivity contribution in [1.29, 1.82) is 0 Å². The number of benzene rings is 1. The van der Waals surface area contributed by atoms with E-state index in [0.29, 0.717) is 4.90 Å². The molecule has 4 heteroatoms. The van der Waals surface area contributed by atoms with Crippen molar-refractivity contribution in [1.82, 2.24) is 0 Å². The predicted molar refractivity (Wildman–Crippen MR) is 61.7 cm³/mol. The Bertz CT molecular complexity index is 398. The van der Waals surface area contributed by atoms with E-state index in [-0.39, 0.29) is 0 Å². The fourth-order valence-electron chi connectivity index (χ4n) is 1.20. The average molecular weight is 277 g/mol. The van der Waals surface area contributed by atoms with Crippen molar-refractivity contribution < 1.29 is 8.42 Å². The van der Waals surface area contributed by atoms with E-state index in [4.69, 9.17) is 0 Å². The molecular weight excluding hydrogens is 264 g/mol. The highest BCUT2D eigenvalue weighted by atomic mass is 79.9. The Labute approximate surface area is 93.4 Å². The number of hydrogen-bond acceptors (Lipinski definition) is 2. The van der Waals surface area contributed by atoms with Gasteiger partial charge in [0.05, 0.1) is 4.90 Å². The average Bonchev–Trinajstić information content (AvgIpc) is 2.14. The molecule has 0 aliphatic carbocycles. The van der Waals surface area contributed by atoms with Crippen LogP contribution in [0.3, 0.4) is 0 Å². The minimum atomic E-state index is -3.06. The van der Waals surface area contributed by atoms with Crippen molar-refractivity contribution >= 4 is 25.8 Å². The van der Waals surface area contributed by atoms with Gasteiger partial charge in [0.2, 0.25) is 0 Å². The maximum Gasteiger partial charge on any atom is 0.175 e. The van der Waals surface area contributed by atoms with Crippen LogP contribution < -0.4 is 0 Å².